The second kappa shape index (κ2) is 7.51. The number of carbonyl (C=O) groups excluding carboxylic acids is 1. The van der Waals surface area contributed by atoms with Crippen LogP contribution in [0.1, 0.15) is 15.9 Å². The number of hydrogen-bond donors (Lipinski definition) is 2. The maximum Gasteiger partial charge on any atom is 0.416 e. The zero-order valence-electron chi connectivity index (χ0n) is 15.3. The number of imidazole rings is 1. The minimum Gasteiger partial charge on any atom is -0.382 e. The molecule has 0 unspecified atom stereocenters. The number of amides is 1. The lowest BCUT2D eigenvalue weighted by Crippen LogP contribution is -2.14. The van der Waals surface area contributed by atoms with Gasteiger partial charge in [0.1, 0.15) is 40.1 Å². The van der Waals surface area contributed by atoms with Crippen LogP contribution < -0.4 is 11.1 Å². The van der Waals surface area contributed by atoms with Gasteiger partial charge in [-0.05, 0) is 30.3 Å². The third-order valence-electron chi connectivity index (χ3n) is 4.37. The quantitative estimate of drug-likeness (QED) is 0.450. The summed E-state index contributed by atoms with van der Waals surface area (Å²) in [7, 11) is 0. The van der Waals surface area contributed by atoms with Gasteiger partial charge in [-0.2, -0.15) is 13.2 Å². The highest BCUT2D eigenvalue weighted by Crippen LogP contribution is 2.31. The van der Waals surface area contributed by atoms with Crippen LogP contribution >= 0.6 is 11.6 Å². The highest BCUT2D eigenvalue weighted by atomic mass is 35.5. The van der Waals surface area contributed by atoms with Crippen LogP contribution in [0.4, 0.5) is 29.2 Å². The second-order valence-corrected chi connectivity index (χ2v) is 6.74. The molecule has 0 fully saturated rings. The minimum atomic E-state index is -4.59. The number of anilines is 2. The van der Waals surface area contributed by atoms with E-state index in [0.29, 0.717) is 6.07 Å². The van der Waals surface area contributed by atoms with Gasteiger partial charge in [-0.1, -0.05) is 11.6 Å². The van der Waals surface area contributed by atoms with Crippen molar-refractivity contribution in [3.63, 3.8) is 0 Å². The molecule has 1 amide bonds. The first-order valence-corrected chi connectivity index (χ1v) is 8.94. The summed E-state index contributed by atoms with van der Waals surface area (Å²) in [5, 5.41) is 2.43. The van der Waals surface area contributed by atoms with E-state index in [4.69, 9.17) is 17.3 Å². The number of benzene rings is 1. The van der Waals surface area contributed by atoms with E-state index >= 15 is 0 Å². The van der Waals surface area contributed by atoms with E-state index in [1.807, 2.05) is 0 Å². The number of nitrogens with two attached hydrogens (primary N) is 1. The molecule has 0 aliphatic heterocycles. The summed E-state index contributed by atoms with van der Waals surface area (Å²) in [4.78, 5) is 24.1. The Balaban J connectivity index is 1.64. The van der Waals surface area contributed by atoms with Gasteiger partial charge in [0.2, 0.25) is 0 Å². The number of fused-ring (bicyclic) bond motifs is 1. The van der Waals surface area contributed by atoms with Crippen LogP contribution in [0.25, 0.3) is 16.8 Å². The average molecular weight is 451 g/mol. The third-order valence-corrected chi connectivity index (χ3v) is 4.65. The number of pyridine rings is 1. The van der Waals surface area contributed by atoms with Crippen LogP contribution in [-0.2, 0) is 6.18 Å². The third kappa shape index (κ3) is 3.87. The van der Waals surface area contributed by atoms with Crippen molar-refractivity contribution in [1.29, 1.82) is 0 Å². The average Bonchev–Trinajstić information content (AvgIpc) is 3.16. The number of aromatic nitrogens is 4. The van der Waals surface area contributed by atoms with Gasteiger partial charge in [-0.15, -0.1) is 0 Å². The predicted molar refractivity (Wildman–Crippen MR) is 105 cm³/mol. The predicted octanol–water partition coefficient (Wildman–Crippen LogP) is 4.44. The molecule has 0 spiro atoms. The molecule has 0 radical (unpaired) electrons. The first-order valence-electron chi connectivity index (χ1n) is 8.56. The standard InChI is InChI=1S/C19H11ClF4N6O/c20-13-7-27-17(25)16-15(28-8-30(13)16)11-2-1-9(5-12(11)21)18(31)29-14-6-10(3-4-26-14)19(22,23)24/h1-8H,(H2,25,27)(H,26,29,31). The van der Waals surface area contributed by atoms with Crippen molar-refractivity contribution in [2.45, 2.75) is 6.18 Å². The van der Waals surface area contributed by atoms with Gasteiger partial charge in [0.15, 0.2) is 0 Å². The molecule has 4 aromatic rings. The van der Waals surface area contributed by atoms with Crippen molar-refractivity contribution in [3.05, 3.63) is 71.2 Å². The Morgan fingerprint density at radius 1 is 1.13 bits per heavy atom. The van der Waals surface area contributed by atoms with Crippen LogP contribution in [0.5, 0.6) is 0 Å². The Bertz CT molecular complexity index is 1320. The van der Waals surface area contributed by atoms with Gasteiger partial charge < -0.3 is 11.1 Å². The first-order chi connectivity index (χ1) is 14.6. The molecule has 7 nitrogen and oxygen atoms in total. The lowest BCUT2D eigenvalue weighted by atomic mass is 10.1. The summed E-state index contributed by atoms with van der Waals surface area (Å²) in [5.41, 5.74) is 5.24. The van der Waals surface area contributed by atoms with E-state index in [1.54, 1.807) is 0 Å². The lowest BCUT2D eigenvalue weighted by Gasteiger charge is -2.10. The van der Waals surface area contributed by atoms with Crippen molar-refractivity contribution < 1.29 is 22.4 Å². The highest BCUT2D eigenvalue weighted by Gasteiger charge is 2.31. The molecule has 0 saturated heterocycles. The van der Waals surface area contributed by atoms with E-state index in [1.165, 1.54) is 29.1 Å². The first kappa shape index (κ1) is 20.5. The molecule has 31 heavy (non-hydrogen) atoms. The fraction of sp³-hybridized carbons (Fsp3) is 0.0526. The molecule has 3 aromatic heterocycles. The molecule has 0 aliphatic rings. The molecule has 12 heteroatoms. The number of halogens is 5. The van der Waals surface area contributed by atoms with Gasteiger partial charge in [0, 0.05) is 17.3 Å². The molecule has 3 N–H and O–H groups in total. The van der Waals surface area contributed by atoms with Gasteiger partial charge in [0.25, 0.3) is 5.91 Å². The van der Waals surface area contributed by atoms with Crippen molar-refractivity contribution in [2.75, 3.05) is 11.1 Å². The molecule has 4 rings (SSSR count). The molecule has 3 heterocycles. The number of nitrogens with one attached hydrogen (secondary N) is 1. The lowest BCUT2D eigenvalue weighted by molar-refractivity contribution is -0.137. The van der Waals surface area contributed by atoms with Crippen LogP contribution in [0.3, 0.4) is 0 Å². The second-order valence-electron chi connectivity index (χ2n) is 6.35. The van der Waals surface area contributed by atoms with Crippen LogP contribution in [0.2, 0.25) is 5.15 Å². The number of rotatable bonds is 3. The topological polar surface area (TPSA) is 98.2 Å². The Morgan fingerprint density at radius 3 is 2.61 bits per heavy atom. The Kier molecular flexibility index (Phi) is 4.97. The largest absolute Gasteiger partial charge is 0.416 e. The van der Waals surface area contributed by atoms with Crippen LogP contribution in [0.15, 0.2) is 49.1 Å². The number of nitrogen functional groups attached to an aromatic ring is 1. The smallest absolute Gasteiger partial charge is 0.382 e. The molecule has 0 saturated carbocycles. The zero-order chi connectivity index (χ0) is 22.3. The molecule has 158 valence electrons. The van der Waals surface area contributed by atoms with E-state index in [2.05, 4.69) is 20.3 Å². The summed E-state index contributed by atoms with van der Waals surface area (Å²) in [6.07, 6.45) is -1.01. The normalized spacial score (nSPS) is 11.6. The van der Waals surface area contributed by atoms with Gasteiger partial charge in [0.05, 0.1) is 11.8 Å². The van der Waals surface area contributed by atoms with Crippen molar-refractivity contribution >= 4 is 34.7 Å². The van der Waals surface area contributed by atoms with Gasteiger partial charge >= 0.3 is 6.18 Å². The van der Waals surface area contributed by atoms with Crippen LogP contribution in [0, 0.1) is 5.82 Å². The fourth-order valence-corrected chi connectivity index (χ4v) is 3.09. The van der Waals surface area contributed by atoms with Crippen LogP contribution in [-0.4, -0.2) is 25.3 Å². The molecule has 1 aromatic carbocycles. The number of hydrogen-bond acceptors (Lipinski definition) is 5. The molecular weight excluding hydrogens is 440 g/mol. The van der Waals surface area contributed by atoms with E-state index in [-0.39, 0.29) is 39.1 Å². The summed E-state index contributed by atoms with van der Waals surface area (Å²) >= 11 is 6.03. The highest BCUT2D eigenvalue weighted by molar-refractivity contribution is 6.29. The summed E-state index contributed by atoms with van der Waals surface area (Å²) < 4.78 is 54.6. The van der Waals surface area contributed by atoms with E-state index in [0.717, 1.165) is 18.3 Å². The molecule has 0 bridgehead atoms. The SMILES string of the molecule is Nc1ncc(Cl)n2cnc(-c3ccc(C(=O)Nc4cc(C(F)(F)F)ccn4)cc3F)c12. The summed E-state index contributed by atoms with van der Waals surface area (Å²) in [6, 6.07) is 4.97. The minimum absolute atomic E-state index is 0.0343. The van der Waals surface area contributed by atoms with Gasteiger partial charge in [-0.25, -0.2) is 19.3 Å². The fourth-order valence-electron chi connectivity index (χ4n) is 2.91. The summed E-state index contributed by atoms with van der Waals surface area (Å²) in [5.74, 6) is -1.88. The number of carbonyl (C=O) groups is 1. The maximum atomic E-state index is 14.8. The van der Waals surface area contributed by atoms with Crippen molar-refractivity contribution in [3.8, 4) is 11.3 Å². The van der Waals surface area contributed by atoms with Crippen molar-refractivity contribution in [1.82, 2.24) is 19.4 Å². The number of alkyl halides is 3. The Morgan fingerprint density at radius 2 is 1.90 bits per heavy atom. The zero-order valence-corrected chi connectivity index (χ0v) is 16.0. The summed E-state index contributed by atoms with van der Waals surface area (Å²) in [6.45, 7) is 0. The Labute approximate surface area is 176 Å². The molecular formula is C19H11ClF4N6O. The van der Waals surface area contributed by atoms with E-state index in [9.17, 15) is 22.4 Å². The Hall–Kier alpha value is -3.73. The monoisotopic (exact) mass is 450 g/mol. The maximum absolute atomic E-state index is 14.8. The van der Waals surface area contributed by atoms with E-state index < -0.39 is 23.5 Å². The van der Waals surface area contributed by atoms with Gasteiger partial charge in [-0.3, -0.25) is 9.20 Å². The number of nitrogens with zero attached hydrogens (tertiary/aromatic N) is 4. The molecule has 0 atom stereocenters. The molecule has 0 aliphatic carbocycles. The van der Waals surface area contributed by atoms with Crippen molar-refractivity contribution in [2.24, 2.45) is 0 Å².